The van der Waals surface area contributed by atoms with Gasteiger partial charge in [-0.05, 0) is 43.2 Å². The summed E-state index contributed by atoms with van der Waals surface area (Å²) in [7, 11) is 0. The SMILES string of the molecule is C.CC1CCCC(Cc2cccnc2)CC1.CC=O. The number of hydrogen-bond donors (Lipinski definition) is 0. The Bertz CT molecular complexity index is 323. The van der Waals surface area contributed by atoms with Crippen LogP contribution in [0.2, 0.25) is 0 Å². The molecule has 1 fully saturated rings. The number of aldehydes is 1. The Morgan fingerprint density at radius 3 is 2.68 bits per heavy atom. The second kappa shape index (κ2) is 10.7. The summed E-state index contributed by atoms with van der Waals surface area (Å²) in [5, 5.41) is 0. The number of nitrogens with zero attached hydrogens (tertiary/aromatic N) is 1. The van der Waals surface area contributed by atoms with Gasteiger partial charge in [-0.25, -0.2) is 0 Å². The molecule has 19 heavy (non-hydrogen) atoms. The molecule has 0 radical (unpaired) electrons. The van der Waals surface area contributed by atoms with Gasteiger partial charge in [-0.3, -0.25) is 4.98 Å². The summed E-state index contributed by atoms with van der Waals surface area (Å²) in [5.74, 6) is 1.85. The van der Waals surface area contributed by atoms with Crippen LogP contribution in [0.4, 0.5) is 0 Å². The summed E-state index contributed by atoms with van der Waals surface area (Å²) in [6.45, 7) is 3.84. The van der Waals surface area contributed by atoms with E-state index in [1.807, 2.05) is 12.4 Å². The monoisotopic (exact) mass is 263 g/mol. The summed E-state index contributed by atoms with van der Waals surface area (Å²) in [6, 6.07) is 4.26. The molecule has 2 heteroatoms. The number of pyridine rings is 1. The third kappa shape index (κ3) is 7.76. The van der Waals surface area contributed by atoms with Crippen molar-refractivity contribution >= 4 is 6.29 Å². The highest BCUT2D eigenvalue weighted by molar-refractivity contribution is 5.44. The van der Waals surface area contributed by atoms with Gasteiger partial charge in [-0.15, -0.1) is 0 Å². The molecule has 0 aliphatic heterocycles. The van der Waals surface area contributed by atoms with Crippen molar-refractivity contribution in [2.45, 2.75) is 59.8 Å². The van der Waals surface area contributed by atoms with Gasteiger partial charge in [0, 0.05) is 12.4 Å². The van der Waals surface area contributed by atoms with Crippen molar-refractivity contribution in [3.8, 4) is 0 Å². The van der Waals surface area contributed by atoms with E-state index in [0.29, 0.717) is 0 Å². The molecule has 1 aliphatic carbocycles. The Morgan fingerprint density at radius 2 is 2.05 bits per heavy atom. The molecular weight excluding hydrogens is 234 g/mol. The van der Waals surface area contributed by atoms with Gasteiger partial charge in [-0.1, -0.05) is 46.1 Å². The standard InChI is InChI=1S/C14H21N.C2H4O.CH4/c1-12-4-2-5-13(8-7-12)10-14-6-3-9-15-11-14;1-2-3;/h3,6,9,11-13H,2,4-5,7-8,10H2,1H3;2H,1H3;1H4. The van der Waals surface area contributed by atoms with Crippen LogP contribution in [0.5, 0.6) is 0 Å². The van der Waals surface area contributed by atoms with Crippen molar-refractivity contribution in [2.24, 2.45) is 11.8 Å². The zero-order chi connectivity index (χ0) is 13.2. The van der Waals surface area contributed by atoms with Gasteiger partial charge in [0.05, 0.1) is 0 Å². The zero-order valence-electron chi connectivity index (χ0n) is 11.6. The minimum Gasteiger partial charge on any atom is -0.304 e. The van der Waals surface area contributed by atoms with Crippen LogP contribution in [-0.2, 0) is 11.2 Å². The van der Waals surface area contributed by atoms with Crippen LogP contribution in [-0.4, -0.2) is 11.3 Å². The highest BCUT2D eigenvalue weighted by Crippen LogP contribution is 2.28. The Kier molecular flexibility index (Phi) is 10.1. The van der Waals surface area contributed by atoms with Crippen LogP contribution < -0.4 is 0 Å². The molecule has 0 amide bonds. The van der Waals surface area contributed by atoms with Gasteiger partial charge < -0.3 is 4.79 Å². The van der Waals surface area contributed by atoms with Gasteiger partial charge in [-0.2, -0.15) is 0 Å². The molecule has 1 aliphatic rings. The maximum Gasteiger partial charge on any atom is 0.116 e. The van der Waals surface area contributed by atoms with Crippen molar-refractivity contribution in [2.75, 3.05) is 0 Å². The van der Waals surface area contributed by atoms with E-state index in [1.165, 1.54) is 51.0 Å². The lowest BCUT2D eigenvalue weighted by Crippen LogP contribution is -2.03. The zero-order valence-corrected chi connectivity index (χ0v) is 11.6. The van der Waals surface area contributed by atoms with Crippen molar-refractivity contribution in [3.63, 3.8) is 0 Å². The molecule has 108 valence electrons. The van der Waals surface area contributed by atoms with E-state index in [2.05, 4.69) is 24.0 Å². The van der Waals surface area contributed by atoms with Crippen LogP contribution in [0.3, 0.4) is 0 Å². The van der Waals surface area contributed by atoms with Crippen molar-refractivity contribution in [1.82, 2.24) is 4.98 Å². The normalized spacial score (nSPS) is 22.2. The Labute approximate surface area is 118 Å². The second-order valence-corrected chi connectivity index (χ2v) is 5.28. The number of rotatable bonds is 2. The molecular formula is C17H29NO. The summed E-state index contributed by atoms with van der Waals surface area (Å²) < 4.78 is 0. The van der Waals surface area contributed by atoms with E-state index in [-0.39, 0.29) is 7.43 Å². The molecule has 1 aromatic rings. The molecule has 2 nitrogen and oxygen atoms in total. The van der Waals surface area contributed by atoms with E-state index in [4.69, 9.17) is 4.79 Å². The maximum atomic E-state index is 8.81. The van der Waals surface area contributed by atoms with Crippen LogP contribution in [0.15, 0.2) is 24.5 Å². The molecule has 2 rings (SSSR count). The quantitative estimate of drug-likeness (QED) is 0.572. The first-order valence-electron chi connectivity index (χ1n) is 7.05. The van der Waals surface area contributed by atoms with Gasteiger partial charge in [0.1, 0.15) is 6.29 Å². The highest BCUT2D eigenvalue weighted by Gasteiger charge is 2.16. The fourth-order valence-corrected chi connectivity index (χ4v) is 2.62. The van der Waals surface area contributed by atoms with Crippen molar-refractivity contribution in [1.29, 1.82) is 0 Å². The maximum absolute atomic E-state index is 8.81. The lowest BCUT2D eigenvalue weighted by molar-refractivity contribution is -0.106. The lowest BCUT2D eigenvalue weighted by Gasteiger charge is -2.13. The lowest BCUT2D eigenvalue weighted by atomic mass is 9.93. The molecule has 2 atom stereocenters. The van der Waals surface area contributed by atoms with Gasteiger partial charge >= 0.3 is 0 Å². The molecule has 0 saturated heterocycles. The first-order chi connectivity index (χ1) is 8.76. The van der Waals surface area contributed by atoms with E-state index in [1.54, 1.807) is 0 Å². The molecule has 2 unspecified atom stereocenters. The van der Waals surface area contributed by atoms with Crippen LogP contribution in [0.25, 0.3) is 0 Å². The summed E-state index contributed by atoms with van der Waals surface area (Å²) in [6.07, 6.45) is 13.0. The first-order valence-corrected chi connectivity index (χ1v) is 7.05. The van der Waals surface area contributed by atoms with E-state index in [0.717, 1.165) is 18.1 Å². The third-order valence-electron chi connectivity index (χ3n) is 3.62. The smallest absolute Gasteiger partial charge is 0.116 e. The largest absolute Gasteiger partial charge is 0.304 e. The summed E-state index contributed by atoms with van der Waals surface area (Å²) in [4.78, 5) is 13.0. The topological polar surface area (TPSA) is 30.0 Å². The predicted octanol–water partition coefficient (Wildman–Crippen LogP) is 4.68. The van der Waals surface area contributed by atoms with Gasteiger partial charge in [0.15, 0.2) is 0 Å². The Morgan fingerprint density at radius 1 is 1.32 bits per heavy atom. The molecule has 1 heterocycles. The third-order valence-corrected chi connectivity index (χ3v) is 3.62. The molecule has 1 aromatic heterocycles. The molecule has 0 N–H and O–H groups in total. The Balaban J connectivity index is 0.000000742. The Hall–Kier alpha value is -1.18. The van der Waals surface area contributed by atoms with Crippen LogP contribution in [0.1, 0.15) is 58.9 Å². The highest BCUT2D eigenvalue weighted by atomic mass is 16.1. The minimum atomic E-state index is 0. The van der Waals surface area contributed by atoms with E-state index < -0.39 is 0 Å². The van der Waals surface area contributed by atoms with Gasteiger partial charge in [0.25, 0.3) is 0 Å². The van der Waals surface area contributed by atoms with E-state index >= 15 is 0 Å². The number of aromatic nitrogens is 1. The fourth-order valence-electron chi connectivity index (χ4n) is 2.62. The van der Waals surface area contributed by atoms with Crippen LogP contribution in [0, 0.1) is 11.8 Å². The molecule has 0 aromatic carbocycles. The van der Waals surface area contributed by atoms with Crippen molar-refractivity contribution in [3.05, 3.63) is 30.1 Å². The van der Waals surface area contributed by atoms with Gasteiger partial charge in [0.2, 0.25) is 0 Å². The average molecular weight is 263 g/mol. The number of carbonyl (C=O) groups excluding carboxylic acids is 1. The predicted molar refractivity (Wildman–Crippen MR) is 82.1 cm³/mol. The average Bonchev–Trinajstić information content (AvgIpc) is 2.57. The molecule has 0 spiro atoms. The molecule has 0 bridgehead atoms. The first kappa shape index (κ1) is 17.8. The fraction of sp³-hybridized carbons (Fsp3) is 0.647. The summed E-state index contributed by atoms with van der Waals surface area (Å²) >= 11 is 0. The number of hydrogen-bond acceptors (Lipinski definition) is 2. The minimum absolute atomic E-state index is 0. The summed E-state index contributed by atoms with van der Waals surface area (Å²) in [5.41, 5.74) is 1.41. The van der Waals surface area contributed by atoms with Crippen LogP contribution >= 0.6 is 0 Å². The van der Waals surface area contributed by atoms with Crippen molar-refractivity contribution < 1.29 is 4.79 Å². The van der Waals surface area contributed by atoms with E-state index in [9.17, 15) is 0 Å². The molecule has 1 saturated carbocycles. The number of carbonyl (C=O) groups is 1. The second-order valence-electron chi connectivity index (χ2n) is 5.28.